The number of carbonyl (C=O) groups is 5. The number of ether oxygens (including phenoxy) is 2. The van der Waals surface area contributed by atoms with E-state index in [9.17, 15) is 29.1 Å². The molecule has 62 heavy (non-hydrogen) atoms. The summed E-state index contributed by atoms with van der Waals surface area (Å²) in [6.45, 7) is 3.49. The third-order valence-corrected chi connectivity index (χ3v) is 10.9. The largest absolute Gasteiger partial charge is 0.492 e. The Morgan fingerprint density at radius 3 is 2.15 bits per heavy atom. The molecule has 0 aromatic heterocycles. The molecule has 0 spiro atoms. The van der Waals surface area contributed by atoms with Gasteiger partial charge in [0.25, 0.3) is 0 Å². The topological polar surface area (TPSA) is 251 Å². The third kappa shape index (κ3) is 16.9. The highest BCUT2D eigenvalue weighted by molar-refractivity contribution is 5.94. The first-order valence-corrected chi connectivity index (χ1v) is 22.3. The third-order valence-electron chi connectivity index (χ3n) is 10.9. The summed E-state index contributed by atoms with van der Waals surface area (Å²) in [6.07, 6.45) is 13.2. The lowest BCUT2D eigenvalue weighted by atomic mass is 9.91. The molecule has 0 saturated heterocycles. The molecule has 0 aliphatic carbocycles. The summed E-state index contributed by atoms with van der Waals surface area (Å²) in [4.78, 5) is 69.7. The molecule has 5 amide bonds. The van der Waals surface area contributed by atoms with E-state index in [-0.39, 0.29) is 71.2 Å². The first-order chi connectivity index (χ1) is 30.0. The van der Waals surface area contributed by atoms with Crippen molar-refractivity contribution in [2.45, 2.75) is 128 Å². The molecule has 0 radical (unpaired) electrons. The molecule has 1 aliphatic heterocycles. The normalized spacial score (nSPS) is 16.8. The molecule has 1 aliphatic rings. The van der Waals surface area contributed by atoms with Crippen molar-refractivity contribution in [3.05, 3.63) is 47.5 Å². The maximum absolute atomic E-state index is 14.3. The van der Waals surface area contributed by atoms with E-state index in [1.807, 2.05) is 6.07 Å². The van der Waals surface area contributed by atoms with Crippen LogP contribution in [0.25, 0.3) is 11.1 Å². The van der Waals surface area contributed by atoms with Gasteiger partial charge in [-0.25, -0.2) is 0 Å². The van der Waals surface area contributed by atoms with Gasteiger partial charge in [-0.15, -0.1) is 0 Å². The number of amides is 5. The zero-order valence-corrected chi connectivity index (χ0v) is 37.0. The molecular formula is C46H70N8O8. The Hall–Kier alpha value is -5.24. The molecule has 2 aromatic rings. The average Bonchev–Trinajstić information content (AvgIpc) is 3.26. The Morgan fingerprint density at radius 2 is 1.52 bits per heavy atom. The van der Waals surface area contributed by atoms with Crippen molar-refractivity contribution in [2.75, 3.05) is 53.0 Å². The summed E-state index contributed by atoms with van der Waals surface area (Å²) in [7, 11) is 1.54. The number of rotatable bonds is 26. The molecule has 342 valence electrons. The SMILES string of the molecule is CCCCCCCCCCCCCC(=O)N[C@@H](CCN)C(=O)N(C)CC1C(=O)N[C@@H](C)C(=O)N[C@H](C(=O)NCC#N)Cc2ccc(OCCN)c(c2)-c2cc1ccc2OCCO. The van der Waals surface area contributed by atoms with E-state index >= 15 is 0 Å². The lowest BCUT2D eigenvalue weighted by molar-refractivity contribution is -0.136. The van der Waals surface area contributed by atoms with Crippen molar-refractivity contribution in [1.82, 2.24) is 26.2 Å². The summed E-state index contributed by atoms with van der Waals surface area (Å²) < 4.78 is 12.0. The number of nitrogens with zero attached hydrogens (tertiary/aromatic N) is 2. The van der Waals surface area contributed by atoms with Crippen LogP contribution in [0, 0.1) is 11.3 Å². The molecule has 0 saturated carbocycles. The second-order valence-electron chi connectivity index (χ2n) is 15.9. The summed E-state index contributed by atoms with van der Waals surface area (Å²) >= 11 is 0. The molecule has 16 heteroatoms. The number of unbranched alkanes of at least 4 members (excludes halogenated alkanes) is 10. The van der Waals surface area contributed by atoms with Gasteiger partial charge in [0.1, 0.15) is 49.4 Å². The van der Waals surface area contributed by atoms with Gasteiger partial charge in [0.15, 0.2) is 0 Å². The Morgan fingerprint density at radius 1 is 0.887 bits per heavy atom. The number of benzene rings is 2. The van der Waals surface area contributed by atoms with E-state index in [1.54, 1.807) is 43.4 Å². The monoisotopic (exact) mass is 863 g/mol. The van der Waals surface area contributed by atoms with Crippen molar-refractivity contribution in [3.8, 4) is 28.7 Å². The highest BCUT2D eigenvalue weighted by atomic mass is 16.5. The molecule has 1 heterocycles. The van der Waals surface area contributed by atoms with Crippen molar-refractivity contribution >= 4 is 29.5 Å². The van der Waals surface area contributed by atoms with Crippen molar-refractivity contribution in [3.63, 3.8) is 0 Å². The van der Waals surface area contributed by atoms with Crippen LogP contribution in [0.2, 0.25) is 0 Å². The van der Waals surface area contributed by atoms with Gasteiger partial charge in [0.05, 0.1) is 18.6 Å². The summed E-state index contributed by atoms with van der Waals surface area (Å²) in [6, 6.07) is 9.03. The van der Waals surface area contributed by atoms with Crippen molar-refractivity contribution < 1.29 is 38.6 Å². The van der Waals surface area contributed by atoms with Crippen LogP contribution in [-0.2, 0) is 30.4 Å². The number of hydrogen-bond acceptors (Lipinski definition) is 11. The minimum atomic E-state index is -1.12. The van der Waals surface area contributed by atoms with Gasteiger partial charge < -0.3 is 52.2 Å². The van der Waals surface area contributed by atoms with Gasteiger partial charge in [-0.05, 0) is 61.7 Å². The number of carbonyl (C=O) groups excluding carboxylic acids is 5. The predicted octanol–water partition coefficient (Wildman–Crippen LogP) is 3.32. The Kier molecular flexibility index (Phi) is 23.4. The van der Waals surface area contributed by atoms with E-state index in [2.05, 4.69) is 28.2 Å². The van der Waals surface area contributed by atoms with Crippen LogP contribution >= 0.6 is 0 Å². The lowest BCUT2D eigenvalue weighted by Gasteiger charge is -2.29. The number of aliphatic hydroxyl groups is 1. The fourth-order valence-corrected chi connectivity index (χ4v) is 7.45. The van der Waals surface area contributed by atoms with E-state index < -0.39 is 47.7 Å². The second kappa shape index (κ2) is 28.4. The zero-order valence-electron chi connectivity index (χ0n) is 37.0. The van der Waals surface area contributed by atoms with Crippen LogP contribution in [0.5, 0.6) is 11.5 Å². The van der Waals surface area contributed by atoms with Crippen LogP contribution in [0.4, 0.5) is 0 Å². The molecule has 4 bridgehead atoms. The second-order valence-corrected chi connectivity index (χ2v) is 15.9. The van der Waals surface area contributed by atoms with Crippen LogP contribution in [0.15, 0.2) is 36.4 Å². The number of likely N-dealkylation sites (N-methyl/N-ethyl adjacent to an activating group) is 1. The summed E-state index contributed by atoms with van der Waals surface area (Å²) in [5.74, 6) is -2.77. The standard InChI is InChI=1S/C46H70N8O8/c1-4-5-6-7-8-9-10-11-12-13-14-15-42(56)52-38(20-21-47)46(60)54(3)31-37-34-17-19-41(62-27-25-55)36(30-34)35-28-33(16-18-40(35)61-26-23-49)29-39(45(59)50-24-22-48)53-43(57)32(2)51-44(37)58/h16-19,28,30,32,37-39,55H,4-15,20-21,23-27,29,31,47,49H2,1-3H3,(H,50,59)(H,51,58)(H,52,56)(H,53,57)/t32-,37?,38-,39-/m0/s1. The number of nitriles is 1. The fourth-order valence-electron chi connectivity index (χ4n) is 7.45. The van der Waals surface area contributed by atoms with Gasteiger partial charge >= 0.3 is 0 Å². The predicted molar refractivity (Wildman–Crippen MR) is 238 cm³/mol. The minimum Gasteiger partial charge on any atom is -0.492 e. The molecule has 9 N–H and O–H groups in total. The van der Waals surface area contributed by atoms with E-state index in [1.165, 1.54) is 56.8 Å². The van der Waals surface area contributed by atoms with Crippen LogP contribution in [0.1, 0.15) is 114 Å². The summed E-state index contributed by atoms with van der Waals surface area (Å²) in [5.41, 5.74) is 13.8. The molecule has 4 atom stereocenters. The number of nitrogens with two attached hydrogens (primary N) is 2. The molecular weight excluding hydrogens is 793 g/mol. The van der Waals surface area contributed by atoms with Crippen molar-refractivity contribution in [1.29, 1.82) is 5.26 Å². The number of hydrogen-bond donors (Lipinski definition) is 7. The molecule has 16 nitrogen and oxygen atoms in total. The minimum absolute atomic E-state index is 0.0235. The lowest BCUT2D eigenvalue weighted by Crippen LogP contribution is -2.54. The Bertz CT molecular complexity index is 1790. The van der Waals surface area contributed by atoms with Gasteiger partial charge in [0.2, 0.25) is 29.5 Å². The van der Waals surface area contributed by atoms with E-state index in [0.717, 1.165) is 19.3 Å². The van der Waals surface area contributed by atoms with Gasteiger partial charge in [-0.3, -0.25) is 24.0 Å². The molecule has 0 fully saturated rings. The van der Waals surface area contributed by atoms with Crippen LogP contribution < -0.4 is 42.2 Å². The molecule has 3 rings (SSSR count). The average molecular weight is 863 g/mol. The quantitative estimate of drug-likeness (QED) is 0.0534. The molecule has 1 unspecified atom stereocenters. The zero-order chi connectivity index (χ0) is 45.3. The summed E-state index contributed by atoms with van der Waals surface area (Å²) in [5, 5.41) is 29.6. The fraction of sp³-hybridized carbons (Fsp3) is 0.609. The van der Waals surface area contributed by atoms with E-state index in [0.29, 0.717) is 40.2 Å². The van der Waals surface area contributed by atoms with Crippen molar-refractivity contribution in [2.24, 2.45) is 11.5 Å². The van der Waals surface area contributed by atoms with Gasteiger partial charge in [0, 0.05) is 44.1 Å². The number of nitrogens with one attached hydrogen (secondary N) is 4. The smallest absolute Gasteiger partial charge is 0.244 e. The van der Waals surface area contributed by atoms with Crippen LogP contribution in [-0.4, -0.2) is 111 Å². The highest BCUT2D eigenvalue weighted by Gasteiger charge is 2.32. The highest BCUT2D eigenvalue weighted by Crippen LogP contribution is 2.40. The van der Waals surface area contributed by atoms with Crippen LogP contribution in [0.3, 0.4) is 0 Å². The maximum atomic E-state index is 14.3. The maximum Gasteiger partial charge on any atom is 0.244 e. The van der Waals surface area contributed by atoms with Gasteiger partial charge in [-0.1, -0.05) is 83.3 Å². The molecule has 2 aromatic carbocycles. The first kappa shape index (κ1) is 51.1. The van der Waals surface area contributed by atoms with E-state index in [4.69, 9.17) is 26.2 Å². The number of aliphatic hydroxyl groups excluding tert-OH is 1. The first-order valence-electron chi connectivity index (χ1n) is 22.3. The Labute approximate surface area is 367 Å². The number of fused-ring (bicyclic) bond motifs is 5. The van der Waals surface area contributed by atoms with Gasteiger partial charge in [-0.2, -0.15) is 5.26 Å². The Balaban J connectivity index is 1.92.